The Bertz CT molecular complexity index is 308. The van der Waals surface area contributed by atoms with E-state index in [1.54, 1.807) is 0 Å². The van der Waals surface area contributed by atoms with Crippen LogP contribution in [0.15, 0.2) is 0 Å². The monoisotopic (exact) mass is 268 g/mol. The summed E-state index contributed by atoms with van der Waals surface area (Å²) < 4.78 is 5.49. The molecule has 19 heavy (non-hydrogen) atoms. The van der Waals surface area contributed by atoms with Crippen LogP contribution in [-0.2, 0) is 4.74 Å². The number of carbonyl (C=O) groups excluding carboxylic acids is 1. The van der Waals surface area contributed by atoms with Crippen LogP contribution in [0.2, 0.25) is 0 Å². The van der Waals surface area contributed by atoms with Crippen molar-refractivity contribution >= 4 is 6.09 Å². The molecule has 0 aromatic heterocycles. The molecular formula is C15H28N2O2. The van der Waals surface area contributed by atoms with E-state index < -0.39 is 5.60 Å². The second-order valence-electron chi connectivity index (χ2n) is 6.97. The van der Waals surface area contributed by atoms with Crippen molar-refractivity contribution in [2.75, 3.05) is 19.6 Å². The van der Waals surface area contributed by atoms with Gasteiger partial charge in [0, 0.05) is 19.1 Å². The second-order valence-corrected chi connectivity index (χ2v) is 6.97. The molecule has 1 atom stereocenters. The maximum Gasteiger partial charge on any atom is 0.410 e. The predicted octanol–water partition coefficient (Wildman–Crippen LogP) is 2.78. The van der Waals surface area contributed by atoms with E-state index in [1.807, 2.05) is 25.7 Å². The van der Waals surface area contributed by atoms with Gasteiger partial charge in [-0.3, -0.25) is 0 Å². The number of hydrogen-bond acceptors (Lipinski definition) is 3. The summed E-state index contributed by atoms with van der Waals surface area (Å²) in [5.41, 5.74) is -0.398. The maximum absolute atomic E-state index is 12.1. The first kappa shape index (κ1) is 14.6. The van der Waals surface area contributed by atoms with Gasteiger partial charge in [-0.15, -0.1) is 0 Å². The number of hydrogen-bond donors (Lipinski definition) is 1. The van der Waals surface area contributed by atoms with Gasteiger partial charge >= 0.3 is 6.09 Å². The van der Waals surface area contributed by atoms with Crippen LogP contribution in [-0.4, -0.2) is 42.3 Å². The normalized spacial score (nSPS) is 25.0. The lowest BCUT2D eigenvalue weighted by Crippen LogP contribution is -2.41. The first-order chi connectivity index (χ1) is 8.94. The van der Waals surface area contributed by atoms with Crippen LogP contribution in [0.1, 0.15) is 52.9 Å². The third-order valence-electron chi connectivity index (χ3n) is 3.69. The SMILES string of the molecule is CC(C)(C)OC(=O)N1CCCCC(CNC2CC2)C1. The molecule has 0 aromatic carbocycles. The molecule has 4 heteroatoms. The number of likely N-dealkylation sites (tertiary alicyclic amines) is 1. The molecule has 1 heterocycles. The van der Waals surface area contributed by atoms with Crippen LogP contribution in [0.4, 0.5) is 4.79 Å². The van der Waals surface area contributed by atoms with Gasteiger partial charge in [0.2, 0.25) is 0 Å². The molecular weight excluding hydrogens is 240 g/mol. The van der Waals surface area contributed by atoms with Crippen molar-refractivity contribution in [3.63, 3.8) is 0 Å². The first-order valence-corrected chi connectivity index (χ1v) is 7.65. The third-order valence-corrected chi connectivity index (χ3v) is 3.69. The van der Waals surface area contributed by atoms with E-state index in [-0.39, 0.29) is 6.09 Å². The zero-order chi connectivity index (χ0) is 13.9. The fraction of sp³-hybridized carbons (Fsp3) is 0.933. The molecule has 0 bridgehead atoms. The van der Waals surface area contributed by atoms with E-state index in [9.17, 15) is 4.79 Å². The van der Waals surface area contributed by atoms with E-state index >= 15 is 0 Å². The highest BCUT2D eigenvalue weighted by molar-refractivity contribution is 5.68. The van der Waals surface area contributed by atoms with Crippen molar-refractivity contribution in [2.45, 2.75) is 64.5 Å². The van der Waals surface area contributed by atoms with Crippen LogP contribution in [0.25, 0.3) is 0 Å². The third kappa shape index (κ3) is 5.39. The van der Waals surface area contributed by atoms with Gasteiger partial charge in [-0.1, -0.05) is 6.42 Å². The Hall–Kier alpha value is -0.770. The average Bonchev–Trinajstić information content (AvgIpc) is 3.11. The maximum atomic E-state index is 12.1. The van der Waals surface area contributed by atoms with E-state index in [4.69, 9.17) is 4.74 Å². The minimum Gasteiger partial charge on any atom is -0.444 e. The molecule has 1 amide bonds. The molecule has 2 fully saturated rings. The predicted molar refractivity (Wildman–Crippen MR) is 76.2 cm³/mol. The highest BCUT2D eigenvalue weighted by Gasteiger charge is 2.27. The molecule has 1 unspecified atom stereocenters. The topological polar surface area (TPSA) is 41.6 Å². The molecule has 0 spiro atoms. The number of amides is 1. The van der Waals surface area contributed by atoms with Crippen molar-refractivity contribution in [3.8, 4) is 0 Å². The summed E-state index contributed by atoms with van der Waals surface area (Å²) in [7, 11) is 0. The molecule has 0 radical (unpaired) electrons. The van der Waals surface area contributed by atoms with E-state index in [2.05, 4.69) is 5.32 Å². The van der Waals surface area contributed by atoms with Gasteiger partial charge in [0.15, 0.2) is 0 Å². The first-order valence-electron chi connectivity index (χ1n) is 7.65. The van der Waals surface area contributed by atoms with Crippen molar-refractivity contribution < 1.29 is 9.53 Å². The summed E-state index contributed by atoms with van der Waals surface area (Å²) in [4.78, 5) is 14.0. The van der Waals surface area contributed by atoms with Crippen molar-refractivity contribution in [3.05, 3.63) is 0 Å². The van der Waals surface area contributed by atoms with Gasteiger partial charge in [-0.2, -0.15) is 0 Å². The average molecular weight is 268 g/mol. The fourth-order valence-corrected chi connectivity index (χ4v) is 2.51. The Labute approximate surface area is 116 Å². The molecule has 4 nitrogen and oxygen atoms in total. The Morgan fingerprint density at radius 3 is 2.63 bits per heavy atom. The van der Waals surface area contributed by atoms with Gasteiger partial charge in [0.1, 0.15) is 5.60 Å². The molecule has 2 aliphatic rings. The Morgan fingerprint density at radius 1 is 1.26 bits per heavy atom. The standard InChI is InChI=1S/C15H28N2O2/c1-15(2,3)19-14(18)17-9-5-4-6-12(11-17)10-16-13-7-8-13/h12-13,16H,4-11H2,1-3H3. The molecule has 1 N–H and O–H groups in total. The number of carbonyl (C=O) groups is 1. The summed E-state index contributed by atoms with van der Waals surface area (Å²) in [6.07, 6.45) is 6.03. The molecule has 2 rings (SSSR count). The van der Waals surface area contributed by atoms with Gasteiger partial charge in [-0.05, 0) is 58.9 Å². The van der Waals surface area contributed by atoms with E-state index in [0.29, 0.717) is 5.92 Å². The van der Waals surface area contributed by atoms with E-state index in [1.165, 1.54) is 25.7 Å². The number of nitrogens with one attached hydrogen (secondary N) is 1. The second kappa shape index (κ2) is 6.12. The molecule has 110 valence electrons. The van der Waals surface area contributed by atoms with Crippen LogP contribution in [0.5, 0.6) is 0 Å². The quantitative estimate of drug-likeness (QED) is 0.855. The summed E-state index contributed by atoms with van der Waals surface area (Å²) in [6.45, 7) is 8.51. The number of nitrogens with zero attached hydrogens (tertiary/aromatic N) is 1. The largest absolute Gasteiger partial charge is 0.444 e. The molecule has 1 saturated heterocycles. The summed E-state index contributed by atoms with van der Waals surface area (Å²) in [6, 6.07) is 0.748. The highest BCUT2D eigenvalue weighted by Crippen LogP contribution is 2.22. The lowest BCUT2D eigenvalue weighted by Gasteiger charge is -2.28. The summed E-state index contributed by atoms with van der Waals surface area (Å²) in [5, 5.41) is 3.58. The van der Waals surface area contributed by atoms with Crippen molar-refractivity contribution in [1.82, 2.24) is 10.2 Å². The van der Waals surface area contributed by atoms with Gasteiger partial charge in [-0.25, -0.2) is 4.79 Å². The fourth-order valence-electron chi connectivity index (χ4n) is 2.51. The number of ether oxygens (including phenoxy) is 1. The molecule has 1 saturated carbocycles. The zero-order valence-corrected chi connectivity index (χ0v) is 12.6. The van der Waals surface area contributed by atoms with Crippen molar-refractivity contribution in [1.29, 1.82) is 0 Å². The zero-order valence-electron chi connectivity index (χ0n) is 12.6. The summed E-state index contributed by atoms with van der Waals surface area (Å²) in [5.74, 6) is 0.579. The molecule has 1 aliphatic carbocycles. The molecule has 0 aromatic rings. The lowest BCUT2D eigenvalue weighted by molar-refractivity contribution is 0.0234. The van der Waals surface area contributed by atoms with Gasteiger partial charge in [0.05, 0.1) is 0 Å². The van der Waals surface area contributed by atoms with Crippen LogP contribution in [0, 0.1) is 5.92 Å². The minimum atomic E-state index is -0.398. The van der Waals surface area contributed by atoms with E-state index in [0.717, 1.165) is 32.1 Å². The van der Waals surface area contributed by atoms with Crippen LogP contribution in [0.3, 0.4) is 0 Å². The summed E-state index contributed by atoms with van der Waals surface area (Å²) >= 11 is 0. The Balaban J connectivity index is 1.82. The number of rotatable bonds is 3. The minimum absolute atomic E-state index is 0.147. The van der Waals surface area contributed by atoms with Crippen LogP contribution < -0.4 is 5.32 Å². The Kier molecular flexibility index (Phi) is 4.71. The lowest BCUT2D eigenvalue weighted by atomic mass is 10.0. The van der Waals surface area contributed by atoms with Crippen molar-refractivity contribution in [2.24, 2.45) is 5.92 Å². The smallest absolute Gasteiger partial charge is 0.410 e. The van der Waals surface area contributed by atoms with Gasteiger partial charge in [0.25, 0.3) is 0 Å². The Morgan fingerprint density at radius 2 is 2.00 bits per heavy atom. The van der Waals surface area contributed by atoms with Crippen LogP contribution >= 0.6 is 0 Å². The van der Waals surface area contributed by atoms with Gasteiger partial charge < -0.3 is 15.0 Å². The molecule has 1 aliphatic heterocycles. The highest BCUT2D eigenvalue weighted by atomic mass is 16.6.